The van der Waals surface area contributed by atoms with Gasteiger partial charge in [-0.3, -0.25) is 9.48 Å². The van der Waals surface area contributed by atoms with Gasteiger partial charge in [0, 0.05) is 30.4 Å². The first-order valence-corrected chi connectivity index (χ1v) is 11.0. The molecule has 3 aromatic rings. The fourth-order valence-corrected chi connectivity index (χ4v) is 3.85. The van der Waals surface area contributed by atoms with Gasteiger partial charge in [0.15, 0.2) is 11.3 Å². The number of carbonyl (C=O) groups excluding carboxylic acids is 1. The lowest BCUT2D eigenvalue weighted by Gasteiger charge is -2.15. The van der Waals surface area contributed by atoms with Crippen molar-refractivity contribution < 1.29 is 18.0 Å². The quantitative estimate of drug-likeness (QED) is 0.552. The maximum atomic E-state index is 13.2. The topological polar surface area (TPSA) is 77.6 Å². The van der Waals surface area contributed by atoms with E-state index in [0.29, 0.717) is 11.5 Å². The van der Waals surface area contributed by atoms with E-state index in [4.69, 9.17) is 4.98 Å². The van der Waals surface area contributed by atoms with Gasteiger partial charge in [0.25, 0.3) is 5.91 Å². The zero-order chi connectivity index (χ0) is 23.0. The minimum atomic E-state index is -4.49. The number of nitrogens with one attached hydrogen (secondary N) is 1. The number of nitrogens with zero attached hydrogens (tertiary/aromatic N) is 5. The van der Waals surface area contributed by atoms with E-state index < -0.39 is 17.9 Å². The Bertz CT molecular complexity index is 1130. The van der Waals surface area contributed by atoms with Gasteiger partial charge in [-0.05, 0) is 45.2 Å². The summed E-state index contributed by atoms with van der Waals surface area (Å²) in [6, 6.07) is 2.35. The van der Waals surface area contributed by atoms with Crippen LogP contribution in [-0.4, -0.2) is 36.5 Å². The highest BCUT2D eigenvalue weighted by molar-refractivity contribution is 6.06. The van der Waals surface area contributed by atoms with E-state index in [1.54, 1.807) is 6.92 Å². The summed E-state index contributed by atoms with van der Waals surface area (Å²) in [5, 5.41) is 11.8. The molecule has 0 aromatic carbocycles. The van der Waals surface area contributed by atoms with Gasteiger partial charge in [-0.25, -0.2) is 9.67 Å². The summed E-state index contributed by atoms with van der Waals surface area (Å²) < 4.78 is 41.4. The Balaban J connectivity index is 1.58. The monoisotopic (exact) mass is 448 g/mol. The van der Waals surface area contributed by atoms with Crippen LogP contribution in [0.15, 0.2) is 18.3 Å². The zero-order valence-electron chi connectivity index (χ0n) is 18.4. The Morgan fingerprint density at radius 2 is 2.06 bits per heavy atom. The third kappa shape index (κ3) is 4.63. The summed E-state index contributed by atoms with van der Waals surface area (Å²) in [6.45, 7) is 6.58. The molecule has 1 amide bonds. The van der Waals surface area contributed by atoms with Crippen molar-refractivity contribution in [1.29, 1.82) is 0 Å². The number of pyridine rings is 1. The molecule has 7 nitrogen and oxygen atoms in total. The number of rotatable bonds is 8. The van der Waals surface area contributed by atoms with Crippen LogP contribution in [0.5, 0.6) is 0 Å². The van der Waals surface area contributed by atoms with Gasteiger partial charge in [0.1, 0.15) is 0 Å². The van der Waals surface area contributed by atoms with Crippen molar-refractivity contribution in [2.45, 2.75) is 77.7 Å². The average Bonchev–Trinajstić information content (AvgIpc) is 3.38. The Morgan fingerprint density at radius 1 is 1.31 bits per heavy atom. The first-order valence-electron chi connectivity index (χ1n) is 11.0. The molecule has 0 saturated heterocycles. The van der Waals surface area contributed by atoms with E-state index in [2.05, 4.69) is 22.4 Å². The first kappa shape index (κ1) is 22.3. The van der Waals surface area contributed by atoms with Crippen LogP contribution in [0.2, 0.25) is 0 Å². The van der Waals surface area contributed by atoms with Crippen LogP contribution in [0.3, 0.4) is 0 Å². The fourth-order valence-electron chi connectivity index (χ4n) is 3.85. The van der Waals surface area contributed by atoms with Crippen LogP contribution in [0, 0.1) is 6.92 Å². The summed E-state index contributed by atoms with van der Waals surface area (Å²) in [5.41, 5.74) is 1.93. The molecule has 3 aromatic heterocycles. The van der Waals surface area contributed by atoms with Crippen molar-refractivity contribution in [3.8, 4) is 0 Å². The largest absolute Gasteiger partial charge is 0.435 e. The predicted octanol–water partition coefficient (Wildman–Crippen LogP) is 4.45. The number of amides is 1. The number of aromatic nitrogens is 5. The van der Waals surface area contributed by atoms with E-state index >= 15 is 0 Å². The van der Waals surface area contributed by atoms with E-state index in [1.807, 2.05) is 17.7 Å². The molecule has 1 N–H and O–H groups in total. The highest BCUT2D eigenvalue weighted by Gasteiger charge is 2.33. The standard InChI is InChI=1S/C22H27F3N6O/c1-4-5-9-31-20-19(14(3)28-31)16(11-17(27-20)15-6-7-15)21(32)26-13(2)12-30-10-8-18(29-30)22(23,24)25/h8,10-11,13,15H,4-7,9,12H2,1-3H3,(H,26,32)/t13-/m1/s1. The second-order valence-corrected chi connectivity index (χ2v) is 8.52. The molecule has 0 spiro atoms. The second kappa shape index (κ2) is 8.55. The molecule has 4 rings (SSSR count). The molecule has 0 radical (unpaired) electrons. The average molecular weight is 448 g/mol. The molecule has 1 saturated carbocycles. The van der Waals surface area contributed by atoms with Gasteiger partial charge < -0.3 is 5.32 Å². The van der Waals surface area contributed by atoms with Crippen LogP contribution < -0.4 is 5.32 Å². The number of halogens is 3. The Labute approximate surface area is 184 Å². The molecule has 0 aliphatic heterocycles. The predicted molar refractivity (Wildman–Crippen MR) is 113 cm³/mol. The molecular weight excluding hydrogens is 421 g/mol. The van der Waals surface area contributed by atoms with Crippen molar-refractivity contribution in [1.82, 2.24) is 29.9 Å². The van der Waals surface area contributed by atoms with E-state index in [1.165, 1.54) is 10.9 Å². The lowest BCUT2D eigenvalue weighted by Crippen LogP contribution is -2.36. The van der Waals surface area contributed by atoms with Crippen LogP contribution in [-0.2, 0) is 19.3 Å². The van der Waals surface area contributed by atoms with Crippen molar-refractivity contribution >= 4 is 16.9 Å². The van der Waals surface area contributed by atoms with Crippen LogP contribution in [0.25, 0.3) is 11.0 Å². The molecule has 3 heterocycles. The van der Waals surface area contributed by atoms with Gasteiger partial charge in [-0.15, -0.1) is 0 Å². The number of unbranched alkanes of at least 4 members (excludes halogenated alkanes) is 1. The first-order chi connectivity index (χ1) is 15.2. The highest BCUT2D eigenvalue weighted by atomic mass is 19.4. The van der Waals surface area contributed by atoms with E-state index in [-0.39, 0.29) is 12.5 Å². The molecule has 0 bridgehead atoms. The fraction of sp³-hybridized carbons (Fsp3) is 0.545. The summed E-state index contributed by atoms with van der Waals surface area (Å²) >= 11 is 0. The van der Waals surface area contributed by atoms with Crippen LogP contribution in [0.1, 0.15) is 72.9 Å². The van der Waals surface area contributed by atoms with E-state index in [9.17, 15) is 18.0 Å². The maximum absolute atomic E-state index is 13.2. The minimum absolute atomic E-state index is 0.125. The summed E-state index contributed by atoms with van der Waals surface area (Å²) in [4.78, 5) is 18.0. The summed E-state index contributed by atoms with van der Waals surface area (Å²) in [7, 11) is 0. The summed E-state index contributed by atoms with van der Waals surface area (Å²) in [6.07, 6.45) is 0.876. The van der Waals surface area contributed by atoms with Crippen LogP contribution >= 0.6 is 0 Å². The molecule has 1 aliphatic rings. The number of alkyl halides is 3. The van der Waals surface area contributed by atoms with Crippen molar-refractivity contribution in [3.63, 3.8) is 0 Å². The number of fused-ring (bicyclic) bond motifs is 1. The van der Waals surface area contributed by atoms with Gasteiger partial charge in [-0.2, -0.15) is 23.4 Å². The van der Waals surface area contributed by atoms with Crippen LogP contribution in [0.4, 0.5) is 13.2 Å². The molecular formula is C22H27F3N6O. The molecule has 172 valence electrons. The number of carbonyl (C=O) groups is 1. The molecule has 1 fully saturated rings. The maximum Gasteiger partial charge on any atom is 0.435 e. The molecule has 32 heavy (non-hydrogen) atoms. The third-order valence-electron chi connectivity index (χ3n) is 5.63. The minimum Gasteiger partial charge on any atom is -0.348 e. The molecule has 10 heteroatoms. The lowest BCUT2D eigenvalue weighted by molar-refractivity contribution is -0.141. The normalized spacial score (nSPS) is 15.3. The third-order valence-corrected chi connectivity index (χ3v) is 5.63. The van der Waals surface area contributed by atoms with Crippen molar-refractivity contribution in [2.75, 3.05) is 0 Å². The number of hydrogen-bond donors (Lipinski definition) is 1. The molecule has 1 aliphatic carbocycles. The number of hydrogen-bond acceptors (Lipinski definition) is 4. The Kier molecular flexibility index (Phi) is 5.96. The number of aryl methyl sites for hydroxylation is 2. The van der Waals surface area contributed by atoms with Gasteiger partial charge in [-0.1, -0.05) is 13.3 Å². The van der Waals surface area contributed by atoms with Crippen molar-refractivity contribution in [3.05, 3.63) is 41.0 Å². The highest BCUT2D eigenvalue weighted by Crippen LogP contribution is 2.40. The summed E-state index contributed by atoms with van der Waals surface area (Å²) in [5.74, 6) is 0.0798. The Morgan fingerprint density at radius 3 is 2.69 bits per heavy atom. The molecule has 1 atom stereocenters. The van der Waals surface area contributed by atoms with Gasteiger partial charge >= 0.3 is 6.18 Å². The lowest BCUT2D eigenvalue weighted by atomic mass is 10.1. The van der Waals surface area contributed by atoms with Gasteiger partial charge in [0.05, 0.1) is 23.2 Å². The zero-order valence-corrected chi connectivity index (χ0v) is 18.4. The Hall–Kier alpha value is -2.91. The SMILES string of the molecule is CCCCn1nc(C)c2c(C(=O)N[C@H](C)Cn3ccc(C(F)(F)F)n3)cc(C3CC3)nc21. The van der Waals surface area contributed by atoms with Gasteiger partial charge in [0.2, 0.25) is 0 Å². The van der Waals surface area contributed by atoms with E-state index in [0.717, 1.165) is 60.7 Å². The van der Waals surface area contributed by atoms with Crippen molar-refractivity contribution in [2.24, 2.45) is 0 Å². The second-order valence-electron chi connectivity index (χ2n) is 8.52. The molecule has 0 unspecified atom stereocenters. The smallest absolute Gasteiger partial charge is 0.348 e.